The van der Waals surface area contributed by atoms with Gasteiger partial charge in [-0.3, -0.25) is 4.57 Å². The quantitative estimate of drug-likeness (QED) is 0.320. The molecule has 0 amide bonds. The number of benzene rings is 3. The number of hydrogen-bond acceptors (Lipinski definition) is 5. The van der Waals surface area contributed by atoms with Crippen molar-refractivity contribution in [3.63, 3.8) is 0 Å². The molecular formula is C29H27Cl2N5O2. The zero-order chi connectivity index (χ0) is 26.3. The van der Waals surface area contributed by atoms with Gasteiger partial charge in [-0.1, -0.05) is 71.7 Å². The van der Waals surface area contributed by atoms with Crippen molar-refractivity contribution >= 4 is 34.9 Å². The highest BCUT2D eigenvalue weighted by Crippen LogP contribution is 2.46. The molecule has 1 spiro atoms. The molecule has 6 rings (SSSR count). The molecule has 194 valence electrons. The Labute approximate surface area is 230 Å². The summed E-state index contributed by atoms with van der Waals surface area (Å²) >= 11 is 12.3. The van der Waals surface area contributed by atoms with Crippen LogP contribution in [0.4, 0.5) is 5.95 Å². The van der Waals surface area contributed by atoms with E-state index in [9.17, 15) is 4.79 Å². The van der Waals surface area contributed by atoms with Gasteiger partial charge in [-0.15, -0.1) is 5.10 Å². The number of methoxy groups -OCH3 is 1. The molecule has 4 aromatic rings. The molecule has 0 unspecified atom stereocenters. The highest BCUT2D eigenvalue weighted by molar-refractivity contribution is 6.31. The number of ether oxygens (including phenoxy) is 1. The minimum Gasteiger partial charge on any atom is -0.383 e. The van der Waals surface area contributed by atoms with Crippen LogP contribution in [0.15, 0.2) is 82.7 Å². The number of anilines is 1. The van der Waals surface area contributed by atoms with Crippen LogP contribution in [0.3, 0.4) is 0 Å². The van der Waals surface area contributed by atoms with Crippen LogP contribution in [0.1, 0.15) is 28.7 Å². The monoisotopic (exact) mass is 547 g/mol. The van der Waals surface area contributed by atoms with E-state index in [1.54, 1.807) is 11.7 Å². The molecule has 9 heteroatoms. The van der Waals surface area contributed by atoms with Gasteiger partial charge in [0.05, 0.1) is 37.4 Å². The number of aryl methyl sites for hydroxylation is 1. The minimum absolute atomic E-state index is 0.206. The Balaban J connectivity index is 1.45. The SMILES string of the molecule is COCCn1c(N2C[C@@]3(CCc4ccccc43)C(c3ccc(Cl)cc3)=N2)nn(Cc2ccc(Cl)cc2)c1=O. The molecule has 0 radical (unpaired) electrons. The van der Waals surface area contributed by atoms with Crippen molar-refractivity contribution in [2.24, 2.45) is 5.10 Å². The van der Waals surface area contributed by atoms with Crippen LogP contribution in [0.5, 0.6) is 0 Å². The Hall–Kier alpha value is -3.39. The Morgan fingerprint density at radius 3 is 2.42 bits per heavy atom. The van der Waals surface area contributed by atoms with Crippen molar-refractivity contribution in [2.45, 2.75) is 31.3 Å². The van der Waals surface area contributed by atoms with E-state index < -0.39 is 0 Å². The van der Waals surface area contributed by atoms with Crippen LogP contribution >= 0.6 is 23.2 Å². The van der Waals surface area contributed by atoms with Gasteiger partial charge in [-0.25, -0.2) is 14.5 Å². The summed E-state index contributed by atoms with van der Waals surface area (Å²) in [6.07, 6.45) is 1.90. The van der Waals surface area contributed by atoms with Gasteiger partial charge in [0.25, 0.3) is 0 Å². The topological polar surface area (TPSA) is 64.7 Å². The summed E-state index contributed by atoms with van der Waals surface area (Å²) in [6.45, 7) is 1.68. The molecule has 1 aliphatic carbocycles. The number of aromatic nitrogens is 3. The molecule has 1 atom stereocenters. The molecule has 3 aromatic carbocycles. The fraction of sp³-hybridized carbons (Fsp3) is 0.276. The average molecular weight is 548 g/mol. The summed E-state index contributed by atoms with van der Waals surface area (Å²) in [6, 6.07) is 23.8. The van der Waals surface area contributed by atoms with Gasteiger partial charge < -0.3 is 4.74 Å². The Morgan fingerprint density at radius 1 is 0.974 bits per heavy atom. The van der Waals surface area contributed by atoms with E-state index in [1.165, 1.54) is 15.8 Å². The fourth-order valence-electron chi connectivity index (χ4n) is 5.60. The van der Waals surface area contributed by atoms with E-state index in [4.69, 9.17) is 38.1 Å². The van der Waals surface area contributed by atoms with Crippen LogP contribution in [-0.4, -0.2) is 40.3 Å². The number of halogens is 2. The van der Waals surface area contributed by atoms with Crippen molar-refractivity contribution in [1.29, 1.82) is 0 Å². The molecule has 0 fully saturated rings. The second kappa shape index (κ2) is 10.1. The van der Waals surface area contributed by atoms with E-state index in [0.717, 1.165) is 29.7 Å². The first kappa shape index (κ1) is 24.9. The molecule has 0 bridgehead atoms. The smallest absolute Gasteiger partial charge is 0.347 e. The van der Waals surface area contributed by atoms with Gasteiger partial charge in [-0.2, -0.15) is 5.10 Å². The number of hydrogen-bond donors (Lipinski definition) is 0. The molecule has 1 aromatic heterocycles. The van der Waals surface area contributed by atoms with Crippen LogP contribution in [-0.2, 0) is 29.7 Å². The van der Waals surface area contributed by atoms with Crippen molar-refractivity contribution in [1.82, 2.24) is 14.3 Å². The maximum atomic E-state index is 13.5. The molecule has 0 saturated carbocycles. The first-order valence-corrected chi connectivity index (χ1v) is 13.4. The van der Waals surface area contributed by atoms with Crippen LogP contribution in [0, 0.1) is 0 Å². The Kier molecular flexibility index (Phi) is 6.60. The lowest BCUT2D eigenvalue weighted by Crippen LogP contribution is -2.37. The number of rotatable bonds is 7. The van der Waals surface area contributed by atoms with Gasteiger partial charge >= 0.3 is 5.69 Å². The molecule has 7 nitrogen and oxygen atoms in total. The Bertz CT molecular complexity index is 1560. The summed E-state index contributed by atoms with van der Waals surface area (Å²) in [5, 5.41) is 13.2. The van der Waals surface area contributed by atoms with E-state index >= 15 is 0 Å². The van der Waals surface area contributed by atoms with Crippen molar-refractivity contribution in [3.8, 4) is 0 Å². The second-order valence-corrected chi connectivity index (χ2v) is 10.6. The predicted molar refractivity (Wildman–Crippen MR) is 151 cm³/mol. The number of hydrazone groups is 1. The first-order valence-electron chi connectivity index (χ1n) is 12.6. The standard InChI is InChI=1S/C29H27Cl2N5O2/c1-38-17-16-34-27(33-35(28(34)37)18-20-6-10-23(30)11-7-20)36-19-29(15-14-21-4-2-3-5-25(21)29)26(32-36)22-8-12-24(31)13-9-22/h2-13H,14-19H2,1H3/t29-/m1/s1. The lowest BCUT2D eigenvalue weighted by Gasteiger charge is -2.27. The highest BCUT2D eigenvalue weighted by atomic mass is 35.5. The molecule has 1 aliphatic heterocycles. The Morgan fingerprint density at radius 2 is 1.68 bits per heavy atom. The zero-order valence-electron chi connectivity index (χ0n) is 21.0. The van der Waals surface area contributed by atoms with Crippen molar-refractivity contribution < 1.29 is 4.74 Å². The molecule has 2 aliphatic rings. The molecule has 0 saturated heterocycles. The number of fused-ring (bicyclic) bond motifs is 2. The van der Waals surface area contributed by atoms with Gasteiger partial charge in [0.2, 0.25) is 5.95 Å². The molecule has 0 N–H and O–H groups in total. The van der Waals surface area contributed by atoms with Gasteiger partial charge in [-0.05, 0) is 59.4 Å². The van der Waals surface area contributed by atoms with Crippen LogP contribution in [0.25, 0.3) is 0 Å². The van der Waals surface area contributed by atoms with Crippen LogP contribution < -0.4 is 10.7 Å². The van der Waals surface area contributed by atoms with Gasteiger partial charge in [0.15, 0.2) is 0 Å². The fourth-order valence-corrected chi connectivity index (χ4v) is 5.85. The predicted octanol–water partition coefficient (Wildman–Crippen LogP) is 5.15. The average Bonchev–Trinajstić information content (AvgIpc) is 3.59. The summed E-state index contributed by atoms with van der Waals surface area (Å²) < 4.78 is 8.46. The number of nitrogens with zero attached hydrogens (tertiary/aromatic N) is 5. The second-order valence-electron chi connectivity index (χ2n) is 9.76. The van der Waals surface area contributed by atoms with E-state index in [1.807, 2.05) is 53.5 Å². The van der Waals surface area contributed by atoms with Crippen molar-refractivity contribution in [2.75, 3.05) is 25.3 Å². The van der Waals surface area contributed by atoms with Gasteiger partial charge in [0, 0.05) is 17.2 Å². The maximum absolute atomic E-state index is 13.5. The molecule has 38 heavy (non-hydrogen) atoms. The summed E-state index contributed by atoms with van der Waals surface area (Å²) in [4.78, 5) is 13.5. The lowest BCUT2D eigenvalue weighted by atomic mass is 9.75. The third-order valence-electron chi connectivity index (χ3n) is 7.46. The summed E-state index contributed by atoms with van der Waals surface area (Å²) in [7, 11) is 1.62. The maximum Gasteiger partial charge on any atom is 0.347 e. The van der Waals surface area contributed by atoms with Crippen molar-refractivity contribution in [3.05, 3.63) is 116 Å². The van der Waals surface area contributed by atoms with Gasteiger partial charge in [0.1, 0.15) is 0 Å². The highest BCUT2D eigenvalue weighted by Gasteiger charge is 2.49. The third-order valence-corrected chi connectivity index (χ3v) is 7.97. The lowest BCUT2D eigenvalue weighted by molar-refractivity contribution is 0.186. The minimum atomic E-state index is -0.313. The normalized spacial score (nSPS) is 18.3. The first-order chi connectivity index (χ1) is 18.5. The van der Waals surface area contributed by atoms with E-state index in [0.29, 0.717) is 42.2 Å². The molecular weight excluding hydrogens is 521 g/mol. The van der Waals surface area contributed by atoms with E-state index in [-0.39, 0.29) is 11.1 Å². The zero-order valence-corrected chi connectivity index (χ0v) is 22.5. The van der Waals surface area contributed by atoms with E-state index in [2.05, 4.69) is 24.3 Å². The molecule has 2 heterocycles. The summed E-state index contributed by atoms with van der Waals surface area (Å²) in [5.74, 6) is 0.508. The largest absolute Gasteiger partial charge is 0.383 e. The third kappa shape index (κ3) is 4.34. The summed E-state index contributed by atoms with van der Waals surface area (Å²) in [5.41, 5.74) is 5.02. The van der Waals surface area contributed by atoms with Crippen LogP contribution in [0.2, 0.25) is 10.0 Å².